The molecule has 0 bridgehead atoms. The Kier molecular flexibility index (Phi) is 7.87. The summed E-state index contributed by atoms with van der Waals surface area (Å²) < 4.78 is 0. The quantitative estimate of drug-likeness (QED) is 0.671. The van der Waals surface area contributed by atoms with E-state index in [2.05, 4.69) is 43.1 Å². The van der Waals surface area contributed by atoms with Crippen molar-refractivity contribution in [2.45, 2.75) is 58.0 Å². The summed E-state index contributed by atoms with van der Waals surface area (Å²) in [6, 6.07) is 1.49. The molecule has 1 heterocycles. The van der Waals surface area contributed by atoms with Crippen LogP contribution in [0.15, 0.2) is 0 Å². The highest BCUT2D eigenvalue weighted by Gasteiger charge is 2.17. The molecule has 0 amide bonds. The van der Waals surface area contributed by atoms with Gasteiger partial charge >= 0.3 is 0 Å². The number of hydrogen-bond donors (Lipinski definition) is 1. The van der Waals surface area contributed by atoms with Crippen molar-refractivity contribution < 1.29 is 0 Å². The van der Waals surface area contributed by atoms with Crippen molar-refractivity contribution in [1.82, 2.24) is 15.1 Å². The van der Waals surface area contributed by atoms with E-state index in [0.29, 0.717) is 6.04 Å². The number of nitrogens with zero attached hydrogens (tertiary/aromatic N) is 2. The van der Waals surface area contributed by atoms with E-state index in [1.54, 1.807) is 0 Å². The topological polar surface area (TPSA) is 18.5 Å². The third-order valence-electron chi connectivity index (χ3n) is 4.32. The Balaban J connectivity index is 1.95. The number of rotatable bonds is 8. The molecule has 108 valence electrons. The van der Waals surface area contributed by atoms with Gasteiger partial charge in [0, 0.05) is 12.1 Å². The third kappa shape index (κ3) is 6.17. The van der Waals surface area contributed by atoms with Crippen LogP contribution in [0.4, 0.5) is 0 Å². The molecule has 0 aromatic heterocycles. The predicted molar refractivity (Wildman–Crippen MR) is 80.1 cm³/mol. The summed E-state index contributed by atoms with van der Waals surface area (Å²) in [6.07, 6.45) is 6.79. The van der Waals surface area contributed by atoms with Crippen LogP contribution in [0.3, 0.4) is 0 Å². The van der Waals surface area contributed by atoms with Crippen molar-refractivity contribution in [3.05, 3.63) is 0 Å². The van der Waals surface area contributed by atoms with E-state index in [1.165, 1.54) is 51.7 Å². The van der Waals surface area contributed by atoms with Crippen molar-refractivity contribution in [3.63, 3.8) is 0 Å². The highest BCUT2D eigenvalue weighted by molar-refractivity contribution is 4.74. The van der Waals surface area contributed by atoms with Crippen LogP contribution in [0.1, 0.15) is 46.0 Å². The van der Waals surface area contributed by atoms with Gasteiger partial charge in [-0.05, 0) is 79.8 Å². The molecule has 1 N–H and O–H groups in total. The molecular formula is C15H33N3. The van der Waals surface area contributed by atoms with Gasteiger partial charge in [-0.2, -0.15) is 0 Å². The first-order valence-electron chi connectivity index (χ1n) is 7.72. The fraction of sp³-hybridized carbons (Fsp3) is 1.00. The van der Waals surface area contributed by atoms with Crippen LogP contribution in [0.2, 0.25) is 0 Å². The third-order valence-corrected chi connectivity index (χ3v) is 4.32. The average molecular weight is 255 g/mol. The van der Waals surface area contributed by atoms with Crippen molar-refractivity contribution in [2.24, 2.45) is 0 Å². The Morgan fingerprint density at radius 2 is 2.06 bits per heavy atom. The van der Waals surface area contributed by atoms with Gasteiger partial charge in [-0.15, -0.1) is 0 Å². The SMILES string of the molecule is CC(C)N(C)CCCNCCC1CCCCN1C. The first kappa shape index (κ1) is 15.9. The van der Waals surface area contributed by atoms with Crippen LogP contribution in [-0.2, 0) is 0 Å². The smallest absolute Gasteiger partial charge is 0.0104 e. The van der Waals surface area contributed by atoms with Gasteiger partial charge in [-0.3, -0.25) is 0 Å². The summed E-state index contributed by atoms with van der Waals surface area (Å²) in [4.78, 5) is 4.95. The molecule has 0 aliphatic carbocycles. The van der Waals surface area contributed by atoms with E-state index in [0.717, 1.165) is 12.6 Å². The van der Waals surface area contributed by atoms with Gasteiger partial charge in [0.15, 0.2) is 0 Å². The summed E-state index contributed by atoms with van der Waals surface area (Å²) in [5, 5.41) is 3.59. The standard InChI is InChI=1S/C15H33N3/c1-14(2)17(3)13-7-10-16-11-9-15-8-5-6-12-18(15)4/h14-16H,5-13H2,1-4H3. The maximum atomic E-state index is 3.59. The number of likely N-dealkylation sites (tertiary alicyclic amines) is 1. The zero-order chi connectivity index (χ0) is 13.4. The van der Waals surface area contributed by atoms with Gasteiger partial charge in [0.1, 0.15) is 0 Å². The van der Waals surface area contributed by atoms with Crippen LogP contribution in [-0.4, -0.2) is 62.2 Å². The minimum Gasteiger partial charge on any atom is -0.317 e. The minimum atomic E-state index is 0.667. The largest absolute Gasteiger partial charge is 0.317 e. The molecule has 0 radical (unpaired) electrons. The minimum absolute atomic E-state index is 0.667. The Bertz CT molecular complexity index is 206. The van der Waals surface area contributed by atoms with Crippen LogP contribution in [0.25, 0.3) is 0 Å². The maximum Gasteiger partial charge on any atom is 0.0104 e. The van der Waals surface area contributed by atoms with E-state index >= 15 is 0 Å². The molecule has 0 aromatic rings. The van der Waals surface area contributed by atoms with Crippen LogP contribution >= 0.6 is 0 Å². The molecule has 0 saturated carbocycles. The molecule has 1 aliphatic heterocycles. The summed E-state index contributed by atoms with van der Waals surface area (Å²) in [5.41, 5.74) is 0. The molecule has 1 saturated heterocycles. The van der Waals surface area contributed by atoms with Crippen LogP contribution < -0.4 is 5.32 Å². The van der Waals surface area contributed by atoms with E-state index < -0.39 is 0 Å². The van der Waals surface area contributed by atoms with Crippen LogP contribution in [0, 0.1) is 0 Å². The normalized spacial score (nSPS) is 22.0. The Hall–Kier alpha value is -0.120. The molecule has 1 fully saturated rings. The fourth-order valence-corrected chi connectivity index (χ4v) is 2.61. The van der Waals surface area contributed by atoms with E-state index in [1.807, 2.05) is 0 Å². The first-order valence-corrected chi connectivity index (χ1v) is 7.72. The van der Waals surface area contributed by atoms with Crippen molar-refractivity contribution in [1.29, 1.82) is 0 Å². The Morgan fingerprint density at radius 3 is 2.72 bits per heavy atom. The zero-order valence-electron chi connectivity index (χ0n) is 12.9. The van der Waals surface area contributed by atoms with Gasteiger partial charge < -0.3 is 15.1 Å². The lowest BCUT2D eigenvalue weighted by Crippen LogP contribution is -2.38. The van der Waals surface area contributed by atoms with E-state index in [-0.39, 0.29) is 0 Å². The van der Waals surface area contributed by atoms with Gasteiger partial charge in [0.2, 0.25) is 0 Å². The molecule has 1 aliphatic rings. The number of piperidine rings is 1. The summed E-state index contributed by atoms with van der Waals surface area (Å²) in [6.45, 7) is 9.35. The number of nitrogens with one attached hydrogen (secondary N) is 1. The summed E-state index contributed by atoms with van der Waals surface area (Å²) in [5.74, 6) is 0. The molecule has 1 unspecified atom stereocenters. The highest BCUT2D eigenvalue weighted by atomic mass is 15.1. The molecule has 3 nitrogen and oxygen atoms in total. The molecule has 1 atom stereocenters. The van der Waals surface area contributed by atoms with E-state index in [4.69, 9.17) is 0 Å². The highest BCUT2D eigenvalue weighted by Crippen LogP contribution is 2.16. The van der Waals surface area contributed by atoms with Gasteiger partial charge in [-0.25, -0.2) is 0 Å². The summed E-state index contributed by atoms with van der Waals surface area (Å²) >= 11 is 0. The molecule has 0 aromatic carbocycles. The first-order chi connectivity index (χ1) is 8.61. The lowest BCUT2D eigenvalue weighted by molar-refractivity contribution is 0.175. The Labute approximate surface area is 114 Å². The second-order valence-corrected chi connectivity index (χ2v) is 6.10. The second kappa shape index (κ2) is 8.89. The van der Waals surface area contributed by atoms with Gasteiger partial charge in [-0.1, -0.05) is 6.42 Å². The van der Waals surface area contributed by atoms with Crippen molar-refractivity contribution in [2.75, 3.05) is 40.3 Å². The molecule has 3 heteroatoms. The lowest BCUT2D eigenvalue weighted by atomic mass is 10.0. The second-order valence-electron chi connectivity index (χ2n) is 6.10. The van der Waals surface area contributed by atoms with Gasteiger partial charge in [0.25, 0.3) is 0 Å². The summed E-state index contributed by atoms with van der Waals surface area (Å²) in [7, 11) is 4.49. The fourth-order valence-electron chi connectivity index (χ4n) is 2.61. The lowest BCUT2D eigenvalue weighted by Gasteiger charge is -2.32. The predicted octanol–water partition coefficient (Wildman–Crippen LogP) is 2.18. The Morgan fingerprint density at radius 1 is 1.28 bits per heavy atom. The maximum absolute atomic E-state index is 3.59. The molecule has 18 heavy (non-hydrogen) atoms. The average Bonchev–Trinajstić information content (AvgIpc) is 2.35. The van der Waals surface area contributed by atoms with Crippen molar-refractivity contribution >= 4 is 0 Å². The van der Waals surface area contributed by atoms with Gasteiger partial charge in [0.05, 0.1) is 0 Å². The molecule has 1 rings (SSSR count). The monoisotopic (exact) mass is 255 g/mol. The number of hydrogen-bond acceptors (Lipinski definition) is 3. The molecule has 0 spiro atoms. The molecular weight excluding hydrogens is 222 g/mol. The van der Waals surface area contributed by atoms with Crippen molar-refractivity contribution in [3.8, 4) is 0 Å². The van der Waals surface area contributed by atoms with E-state index in [9.17, 15) is 0 Å². The van der Waals surface area contributed by atoms with Crippen LogP contribution in [0.5, 0.6) is 0 Å². The zero-order valence-corrected chi connectivity index (χ0v) is 12.9.